The fourth-order valence-electron chi connectivity index (χ4n) is 2.70. The van der Waals surface area contributed by atoms with Gasteiger partial charge in [0.2, 0.25) is 10.0 Å². The molecule has 1 aromatic carbocycles. The van der Waals surface area contributed by atoms with Crippen LogP contribution in [0, 0.1) is 16.0 Å². The molecule has 1 aliphatic heterocycles. The predicted octanol–water partition coefficient (Wildman–Crippen LogP) is 2.17. The van der Waals surface area contributed by atoms with E-state index in [-0.39, 0.29) is 16.7 Å². The minimum Gasteiger partial charge on any atom is -0.377 e. The lowest BCUT2D eigenvalue weighted by molar-refractivity contribution is -0.384. The predicted molar refractivity (Wildman–Crippen MR) is 83.6 cm³/mol. The van der Waals surface area contributed by atoms with E-state index in [2.05, 4.69) is 0 Å². The van der Waals surface area contributed by atoms with Gasteiger partial charge in [0.05, 0.1) is 15.9 Å². The molecular weight excluding hydrogens is 320 g/mol. The Kier molecular flexibility index (Phi) is 4.65. The lowest BCUT2D eigenvalue weighted by Gasteiger charge is -2.31. The highest BCUT2D eigenvalue weighted by Gasteiger charge is 2.32. The normalized spacial score (nSPS) is 22.9. The number of ether oxygens (including phenoxy) is 1. The monoisotopic (exact) mass is 340 g/mol. The van der Waals surface area contributed by atoms with Crippen LogP contribution in [-0.4, -0.2) is 43.4 Å². The van der Waals surface area contributed by atoms with Crippen LogP contribution in [0.3, 0.4) is 0 Å². The zero-order chi connectivity index (χ0) is 16.4. The Labute approximate surface area is 135 Å². The molecule has 1 aromatic rings. The smallest absolute Gasteiger partial charge is 0.269 e. The van der Waals surface area contributed by atoms with Crippen LogP contribution in [0.1, 0.15) is 25.7 Å². The van der Waals surface area contributed by atoms with Crippen molar-refractivity contribution in [1.82, 2.24) is 4.31 Å². The topological polar surface area (TPSA) is 89.8 Å². The van der Waals surface area contributed by atoms with E-state index in [1.165, 1.54) is 41.4 Å². The van der Waals surface area contributed by atoms with Gasteiger partial charge in [-0.05, 0) is 43.7 Å². The third kappa shape index (κ3) is 3.88. The highest BCUT2D eigenvalue weighted by Crippen LogP contribution is 2.30. The van der Waals surface area contributed by atoms with Crippen LogP contribution < -0.4 is 0 Å². The van der Waals surface area contributed by atoms with Crippen molar-refractivity contribution < 1.29 is 18.1 Å². The minimum absolute atomic E-state index is 0.0582. The molecule has 0 N–H and O–H groups in total. The number of nitrogens with zero attached hydrogens (tertiary/aromatic N) is 2. The molecule has 7 nitrogen and oxygen atoms in total. The average Bonchev–Trinajstić information content (AvgIpc) is 3.37. The maximum Gasteiger partial charge on any atom is 0.269 e. The molecule has 1 saturated carbocycles. The summed E-state index contributed by atoms with van der Waals surface area (Å²) in [4.78, 5) is 10.2. The summed E-state index contributed by atoms with van der Waals surface area (Å²) in [5.74, 6) is 0.650. The summed E-state index contributed by atoms with van der Waals surface area (Å²) in [6, 6.07) is 5.03. The lowest BCUT2D eigenvalue weighted by Crippen LogP contribution is -2.43. The molecule has 0 unspecified atom stereocenters. The molecular formula is C15H20N2O5S. The number of hydrogen-bond donors (Lipinski definition) is 0. The van der Waals surface area contributed by atoms with E-state index in [1.807, 2.05) is 0 Å². The number of rotatable bonds is 6. The van der Waals surface area contributed by atoms with Crippen LogP contribution in [0.25, 0.3) is 0 Å². The van der Waals surface area contributed by atoms with E-state index in [9.17, 15) is 18.5 Å². The summed E-state index contributed by atoms with van der Waals surface area (Å²) in [5, 5.41) is 10.7. The summed E-state index contributed by atoms with van der Waals surface area (Å²) in [6.07, 6.45) is 3.99. The van der Waals surface area contributed by atoms with Crippen molar-refractivity contribution in [3.8, 4) is 0 Å². The van der Waals surface area contributed by atoms with E-state index < -0.39 is 14.9 Å². The second-order valence-electron chi connectivity index (χ2n) is 6.16. The largest absolute Gasteiger partial charge is 0.377 e. The third-order valence-electron chi connectivity index (χ3n) is 4.29. The van der Waals surface area contributed by atoms with Crippen LogP contribution in [0.5, 0.6) is 0 Å². The lowest BCUT2D eigenvalue weighted by atomic mass is 10.1. The maximum atomic E-state index is 12.7. The zero-order valence-corrected chi connectivity index (χ0v) is 13.6. The Morgan fingerprint density at radius 1 is 1.22 bits per heavy atom. The van der Waals surface area contributed by atoms with Gasteiger partial charge in [-0.15, -0.1) is 0 Å². The van der Waals surface area contributed by atoms with Gasteiger partial charge in [-0.2, -0.15) is 4.31 Å². The number of hydrogen-bond acceptors (Lipinski definition) is 5. The van der Waals surface area contributed by atoms with Gasteiger partial charge < -0.3 is 4.74 Å². The second-order valence-corrected chi connectivity index (χ2v) is 8.09. The Bertz CT molecular complexity index is 670. The van der Waals surface area contributed by atoms with Crippen LogP contribution in [-0.2, 0) is 14.8 Å². The molecule has 126 valence electrons. The first-order valence-corrected chi connectivity index (χ1v) is 9.27. The average molecular weight is 340 g/mol. The summed E-state index contributed by atoms with van der Waals surface area (Å²) < 4.78 is 32.6. The van der Waals surface area contributed by atoms with E-state index in [0.29, 0.717) is 19.0 Å². The maximum absolute atomic E-state index is 12.7. The van der Waals surface area contributed by atoms with Gasteiger partial charge in [0, 0.05) is 31.8 Å². The Morgan fingerprint density at radius 2 is 1.91 bits per heavy atom. The van der Waals surface area contributed by atoms with E-state index >= 15 is 0 Å². The second kappa shape index (κ2) is 6.54. The summed E-state index contributed by atoms with van der Waals surface area (Å²) in [7, 11) is -3.63. The molecule has 0 spiro atoms. The first kappa shape index (κ1) is 16.4. The molecule has 1 atom stereocenters. The van der Waals surface area contributed by atoms with Gasteiger partial charge in [0.25, 0.3) is 5.69 Å². The van der Waals surface area contributed by atoms with Crippen molar-refractivity contribution >= 4 is 15.7 Å². The Hall–Kier alpha value is -1.51. The molecule has 0 radical (unpaired) electrons. The Balaban J connectivity index is 1.68. The fraction of sp³-hybridized carbons (Fsp3) is 0.600. The quantitative estimate of drug-likeness (QED) is 0.585. The number of nitro groups is 1. The summed E-state index contributed by atoms with van der Waals surface area (Å²) in [6.45, 7) is 1.53. The number of benzene rings is 1. The molecule has 0 bridgehead atoms. The molecule has 1 heterocycles. The number of piperidine rings is 1. The van der Waals surface area contributed by atoms with Crippen LogP contribution in [0.4, 0.5) is 5.69 Å². The molecule has 1 saturated heterocycles. The van der Waals surface area contributed by atoms with Gasteiger partial charge >= 0.3 is 0 Å². The van der Waals surface area contributed by atoms with Crippen LogP contribution in [0.2, 0.25) is 0 Å². The third-order valence-corrected chi connectivity index (χ3v) is 6.17. The van der Waals surface area contributed by atoms with Crippen molar-refractivity contribution in [2.75, 3.05) is 19.7 Å². The first-order valence-electron chi connectivity index (χ1n) is 7.83. The molecule has 2 fully saturated rings. The summed E-state index contributed by atoms with van der Waals surface area (Å²) in [5.41, 5.74) is -0.117. The highest BCUT2D eigenvalue weighted by molar-refractivity contribution is 7.89. The zero-order valence-electron chi connectivity index (χ0n) is 12.8. The number of sulfonamides is 1. The molecule has 0 aromatic heterocycles. The SMILES string of the molecule is O=[N+]([O-])c1ccc(S(=O)(=O)N2CCC[C@H](OCC3CC3)C2)cc1. The molecule has 0 amide bonds. The number of nitro benzene ring substituents is 1. The molecule has 1 aliphatic carbocycles. The standard InChI is InChI=1S/C15H20N2O5S/c18-17(19)13-5-7-15(8-6-13)23(20,21)16-9-1-2-14(10-16)22-11-12-3-4-12/h5-8,12,14H,1-4,9-11H2/t14-/m0/s1. The van der Waals surface area contributed by atoms with Crippen molar-refractivity contribution in [1.29, 1.82) is 0 Å². The van der Waals surface area contributed by atoms with Crippen LogP contribution in [0.15, 0.2) is 29.2 Å². The van der Waals surface area contributed by atoms with E-state index in [0.717, 1.165) is 19.4 Å². The van der Waals surface area contributed by atoms with Crippen LogP contribution >= 0.6 is 0 Å². The fourth-order valence-corrected chi connectivity index (χ4v) is 4.22. The molecule has 2 aliphatic rings. The first-order chi connectivity index (χ1) is 11.0. The Morgan fingerprint density at radius 3 is 2.52 bits per heavy atom. The van der Waals surface area contributed by atoms with Crippen molar-refractivity contribution in [2.24, 2.45) is 5.92 Å². The van der Waals surface area contributed by atoms with Gasteiger partial charge in [-0.1, -0.05) is 0 Å². The van der Waals surface area contributed by atoms with E-state index in [1.54, 1.807) is 0 Å². The van der Waals surface area contributed by atoms with Gasteiger partial charge in [-0.25, -0.2) is 8.42 Å². The molecule has 8 heteroatoms. The van der Waals surface area contributed by atoms with Gasteiger partial charge in [-0.3, -0.25) is 10.1 Å². The van der Waals surface area contributed by atoms with E-state index in [4.69, 9.17) is 4.74 Å². The highest BCUT2D eigenvalue weighted by atomic mass is 32.2. The molecule has 3 rings (SSSR count). The van der Waals surface area contributed by atoms with Gasteiger partial charge in [0.15, 0.2) is 0 Å². The number of non-ortho nitro benzene ring substituents is 1. The van der Waals surface area contributed by atoms with Crippen molar-refractivity contribution in [2.45, 2.75) is 36.7 Å². The van der Waals surface area contributed by atoms with Gasteiger partial charge in [0.1, 0.15) is 0 Å². The van der Waals surface area contributed by atoms with Crippen molar-refractivity contribution in [3.63, 3.8) is 0 Å². The molecule has 23 heavy (non-hydrogen) atoms. The minimum atomic E-state index is -3.63. The summed E-state index contributed by atoms with van der Waals surface area (Å²) >= 11 is 0. The van der Waals surface area contributed by atoms with Crippen molar-refractivity contribution in [3.05, 3.63) is 34.4 Å².